The van der Waals surface area contributed by atoms with Crippen molar-refractivity contribution in [1.82, 2.24) is 9.80 Å². The molecule has 1 rings (SSSR count). The third kappa shape index (κ3) is 8.21. The average molecular weight is 287 g/mol. The van der Waals surface area contributed by atoms with Crippen LogP contribution in [0.1, 0.15) is 57.8 Å². The quantitative estimate of drug-likeness (QED) is 0.457. The normalized spacial score (nSPS) is 20.5. The summed E-state index contributed by atoms with van der Waals surface area (Å²) in [5, 5.41) is 0. The molecule has 1 heterocycles. The molecule has 0 bridgehead atoms. The molecule has 0 amide bonds. The van der Waals surface area contributed by atoms with Gasteiger partial charge in [-0.25, -0.2) is 0 Å². The maximum atomic E-state index is 4.25. The van der Waals surface area contributed by atoms with Crippen molar-refractivity contribution in [2.24, 2.45) is 0 Å². The van der Waals surface area contributed by atoms with Crippen LogP contribution < -0.4 is 0 Å². The molecule has 2 nitrogen and oxygen atoms in total. The number of nitrogens with zero attached hydrogens (tertiary/aromatic N) is 2. The van der Waals surface area contributed by atoms with Gasteiger partial charge in [-0.2, -0.15) is 12.6 Å². The van der Waals surface area contributed by atoms with Crippen molar-refractivity contribution in [1.29, 1.82) is 0 Å². The Morgan fingerprint density at radius 3 is 2.26 bits per heavy atom. The first-order chi connectivity index (χ1) is 9.24. The van der Waals surface area contributed by atoms with E-state index in [0.717, 1.165) is 11.8 Å². The molecule has 0 radical (unpaired) electrons. The van der Waals surface area contributed by atoms with Crippen LogP contribution in [0.3, 0.4) is 0 Å². The van der Waals surface area contributed by atoms with Crippen molar-refractivity contribution in [3.05, 3.63) is 0 Å². The maximum absolute atomic E-state index is 4.25. The van der Waals surface area contributed by atoms with Crippen LogP contribution in [0.2, 0.25) is 0 Å². The van der Waals surface area contributed by atoms with Crippen molar-refractivity contribution < 1.29 is 0 Å². The largest absolute Gasteiger partial charge is 0.305 e. The highest BCUT2D eigenvalue weighted by Gasteiger charge is 2.21. The van der Waals surface area contributed by atoms with Gasteiger partial charge in [0.1, 0.15) is 0 Å². The fourth-order valence-corrected chi connectivity index (χ4v) is 3.26. The van der Waals surface area contributed by atoms with Gasteiger partial charge in [-0.05, 0) is 58.6 Å². The zero-order valence-electron chi connectivity index (χ0n) is 13.1. The molecular weight excluding hydrogens is 252 g/mol. The summed E-state index contributed by atoms with van der Waals surface area (Å²) >= 11 is 4.25. The van der Waals surface area contributed by atoms with E-state index in [-0.39, 0.29) is 0 Å². The summed E-state index contributed by atoms with van der Waals surface area (Å²) < 4.78 is 0. The molecule has 1 fully saturated rings. The van der Waals surface area contributed by atoms with Crippen molar-refractivity contribution >= 4 is 12.6 Å². The van der Waals surface area contributed by atoms with Gasteiger partial charge >= 0.3 is 0 Å². The second kappa shape index (κ2) is 11.0. The van der Waals surface area contributed by atoms with Gasteiger partial charge in [-0.3, -0.25) is 0 Å². The molecular formula is C16H34N2S. The van der Waals surface area contributed by atoms with Gasteiger partial charge in [-0.1, -0.05) is 32.1 Å². The third-order valence-corrected chi connectivity index (χ3v) is 4.71. The lowest BCUT2D eigenvalue weighted by molar-refractivity contribution is 0.217. The lowest BCUT2D eigenvalue weighted by Gasteiger charge is -2.25. The van der Waals surface area contributed by atoms with Gasteiger partial charge in [0.25, 0.3) is 0 Å². The van der Waals surface area contributed by atoms with Crippen LogP contribution in [0.5, 0.6) is 0 Å². The molecule has 3 heteroatoms. The van der Waals surface area contributed by atoms with E-state index in [0.29, 0.717) is 0 Å². The number of thiol groups is 1. The summed E-state index contributed by atoms with van der Waals surface area (Å²) in [6.07, 6.45) is 12.5. The Labute approximate surface area is 126 Å². The zero-order chi connectivity index (χ0) is 13.9. The van der Waals surface area contributed by atoms with E-state index in [1.165, 1.54) is 77.4 Å². The maximum Gasteiger partial charge on any atom is 0.0220 e. The molecule has 0 aromatic heterocycles. The fourth-order valence-electron chi connectivity index (χ4n) is 3.04. The molecule has 0 N–H and O–H groups in total. The summed E-state index contributed by atoms with van der Waals surface area (Å²) in [6, 6.07) is 0.811. The van der Waals surface area contributed by atoms with E-state index in [9.17, 15) is 0 Å². The molecule has 0 aromatic rings. The van der Waals surface area contributed by atoms with Gasteiger partial charge in [0.2, 0.25) is 0 Å². The van der Waals surface area contributed by atoms with Crippen LogP contribution in [-0.2, 0) is 0 Å². The van der Waals surface area contributed by atoms with Crippen LogP contribution in [0.25, 0.3) is 0 Å². The predicted octanol–water partition coefficient (Wildman–Crippen LogP) is 3.67. The standard InChI is InChI=1S/C16H34N2S/c1-17(15-16-11-10-13-18(16)2)12-8-6-4-3-5-7-9-14-19/h16,19H,3-15H2,1-2H3. The van der Waals surface area contributed by atoms with Crippen LogP contribution in [0.4, 0.5) is 0 Å². The molecule has 1 saturated heterocycles. The average Bonchev–Trinajstić information content (AvgIpc) is 2.78. The van der Waals surface area contributed by atoms with E-state index < -0.39 is 0 Å². The van der Waals surface area contributed by atoms with Crippen LogP contribution in [-0.4, -0.2) is 55.3 Å². The van der Waals surface area contributed by atoms with Crippen molar-refractivity contribution in [3.63, 3.8) is 0 Å². The molecule has 1 aliphatic rings. The summed E-state index contributed by atoms with van der Waals surface area (Å²) in [4.78, 5) is 5.06. The first kappa shape index (κ1) is 17.3. The van der Waals surface area contributed by atoms with Crippen molar-refractivity contribution in [3.8, 4) is 0 Å². The molecule has 1 unspecified atom stereocenters. The Morgan fingerprint density at radius 2 is 1.68 bits per heavy atom. The highest BCUT2D eigenvalue weighted by molar-refractivity contribution is 7.80. The molecule has 0 saturated carbocycles. The Kier molecular flexibility index (Phi) is 10.0. The Hall–Kier alpha value is 0.270. The highest BCUT2D eigenvalue weighted by atomic mass is 32.1. The minimum Gasteiger partial charge on any atom is -0.305 e. The van der Waals surface area contributed by atoms with E-state index >= 15 is 0 Å². The summed E-state index contributed by atoms with van der Waals surface area (Å²) in [7, 11) is 4.56. The highest BCUT2D eigenvalue weighted by Crippen LogP contribution is 2.15. The van der Waals surface area contributed by atoms with Crippen LogP contribution >= 0.6 is 12.6 Å². The number of likely N-dealkylation sites (tertiary alicyclic amines) is 1. The van der Waals surface area contributed by atoms with Gasteiger partial charge in [0, 0.05) is 12.6 Å². The SMILES string of the molecule is CN(CCCCCCCCCS)CC1CCCN1C. The second-order valence-corrected chi connectivity index (χ2v) is 6.68. The lowest BCUT2D eigenvalue weighted by Crippen LogP contribution is -2.36. The summed E-state index contributed by atoms with van der Waals surface area (Å²) in [6.45, 7) is 3.84. The third-order valence-electron chi connectivity index (χ3n) is 4.39. The molecule has 114 valence electrons. The Balaban J connectivity index is 1.88. The topological polar surface area (TPSA) is 6.48 Å². The minimum atomic E-state index is 0.811. The number of unbranched alkanes of at least 4 members (excludes halogenated alkanes) is 6. The molecule has 0 aromatic carbocycles. The predicted molar refractivity (Wildman–Crippen MR) is 89.3 cm³/mol. The Morgan fingerprint density at radius 1 is 1.05 bits per heavy atom. The smallest absolute Gasteiger partial charge is 0.0220 e. The number of hydrogen-bond donors (Lipinski definition) is 1. The lowest BCUT2D eigenvalue weighted by atomic mass is 10.1. The zero-order valence-corrected chi connectivity index (χ0v) is 14.0. The minimum absolute atomic E-state index is 0.811. The van der Waals surface area contributed by atoms with Gasteiger partial charge in [0.15, 0.2) is 0 Å². The van der Waals surface area contributed by atoms with Gasteiger partial charge < -0.3 is 9.80 Å². The molecule has 0 aliphatic carbocycles. The van der Waals surface area contributed by atoms with Crippen molar-refractivity contribution in [2.75, 3.05) is 39.5 Å². The number of hydrogen-bond acceptors (Lipinski definition) is 3. The Bertz CT molecular complexity index is 211. The summed E-state index contributed by atoms with van der Waals surface area (Å²) in [5.74, 6) is 1.06. The molecule has 0 spiro atoms. The van der Waals surface area contributed by atoms with Gasteiger partial charge in [0.05, 0.1) is 0 Å². The molecule has 1 atom stereocenters. The van der Waals surface area contributed by atoms with Crippen LogP contribution in [0.15, 0.2) is 0 Å². The van der Waals surface area contributed by atoms with E-state index in [1.54, 1.807) is 0 Å². The van der Waals surface area contributed by atoms with E-state index in [4.69, 9.17) is 0 Å². The van der Waals surface area contributed by atoms with E-state index in [2.05, 4.69) is 36.5 Å². The summed E-state index contributed by atoms with van der Waals surface area (Å²) in [5.41, 5.74) is 0. The first-order valence-corrected chi connectivity index (χ1v) is 8.87. The second-order valence-electron chi connectivity index (χ2n) is 6.24. The van der Waals surface area contributed by atoms with Gasteiger partial charge in [-0.15, -0.1) is 0 Å². The molecule has 1 aliphatic heterocycles. The van der Waals surface area contributed by atoms with Crippen molar-refractivity contribution in [2.45, 2.75) is 63.8 Å². The van der Waals surface area contributed by atoms with Crippen LogP contribution in [0, 0.1) is 0 Å². The molecule has 19 heavy (non-hydrogen) atoms. The monoisotopic (exact) mass is 286 g/mol. The first-order valence-electron chi connectivity index (χ1n) is 8.23. The number of likely N-dealkylation sites (N-methyl/N-ethyl adjacent to an activating group) is 2. The fraction of sp³-hybridized carbons (Fsp3) is 1.00. The number of rotatable bonds is 11. The van der Waals surface area contributed by atoms with E-state index in [1.807, 2.05) is 0 Å².